The second-order valence-electron chi connectivity index (χ2n) is 14.4. The maximum Gasteiger partial charge on any atom is 0.209 e. The van der Waals surface area contributed by atoms with Crippen molar-refractivity contribution in [1.29, 1.82) is 0 Å². The van der Waals surface area contributed by atoms with Gasteiger partial charge in [0, 0.05) is 38.9 Å². The number of β-amino-alcohol motifs (C(OH)–C–C–N with tert-alkyl or cyclic N) is 1. The summed E-state index contributed by atoms with van der Waals surface area (Å²) in [4.78, 5) is 1.79. The van der Waals surface area contributed by atoms with Crippen LogP contribution in [0.1, 0.15) is 57.6 Å². The second-order valence-corrected chi connectivity index (χ2v) is 19.5. The summed E-state index contributed by atoms with van der Waals surface area (Å²) in [6.45, 7) is 5.45. The molecule has 6 rings (SSSR count). The molecule has 0 aromatic heterocycles. The normalized spacial score (nSPS) is 24.3. The third-order valence-corrected chi connectivity index (χ3v) is 13.3. The first-order chi connectivity index (χ1) is 25.5. The van der Waals surface area contributed by atoms with E-state index in [1.54, 1.807) is 21.6 Å². The van der Waals surface area contributed by atoms with E-state index in [9.17, 15) is 49.1 Å². The molecule has 1 fully saturated rings. The third-order valence-electron chi connectivity index (χ3n) is 10.5. The molecule has 3 atom stereocenters. The van der Waals surface area contributed by atoms with Crippen LogP contribution in [0, 0.1) is 0 Å². The second kappa shape index (κ2) is 14.7. The number of benzene rings is 2. The summed E-state index contributed by atoms with van der Waals surface area (Å²) in [7, 11) is -14.4. The lowest BCUT2D eigenvalue weighted by molar-refractivity contribution is -0.448. The summed E-state index contributed by atoms with van der Waals surface area (Å²) >= 11 is 0.742. The van der Waals surface area contributed by atoms with Crippen molar-refractivity contribution in [3.05, 3.63) is 106 Å². The van der Waals surface area contributed by atoms with E-state index in [0.717, 1.165) is 52.3 Å². The van der Waals surface area contributed by atoms with E-state index in [2.05, 4.69) is 4.33 Å². The van der Waals surface area contributed by atoms with Crippen molar-refractivity contribution in [3.8, 4) is 0 Å². The molecular weight excluding hydrogens is 797 g/mol. The fourth-order valence-corrected chi connectivity index (χ4v) is 10.1. The van der Waals surface area contributed by atoms with E-state index in [4.69, 9.17) is 5.26 Å². The average Bonchev–Trinajstić information content (AvgIpc) is 3.72. The van der Waals surface area contributed by atoms with E-state index in [0.29, 0.717) is 53.2 Å². The van der Waals surface area contributed by atoms with E-state index < -0.39 is 69.4 Å². The van der Waals surface area contributed by atoms with Gasteiger partial charge >= 0.3 is 0 Å². The van der Waals surface area contributed by atoms with E-state index in [-0.39, 0.29) is 6.54 Å². The van der Waals surface area contributed by atoms with Crippen molar-refractivity contribution >= 4 is 59.5 Å². The fraction of sp³-hybridized carbons (Fsp3) is 0.361. The van der Waals surface area contributed by atoms with Crippen LogP contribution >= 0.6 is 12.0 Å². The lowest BCUT2D eigenvalue weighted by Gasteiger charge is -2.26. The van der Waals surface area contributed by atoms with Gasteiger partial charge in [0.2, 0.25) is 5.69 Å². The topological polar surface area (TPSA) is 251 Å². The smallest absolute Gasteiger partial charge is 0.209 e. The van der Waals surface area contributed by atoms with Crippen molar-refractivity contribution < 1.29 is 63.3 Å². The highest BCUT2D eigenvalue weighted by molar-refractivity contribution is 7.94. The van der Waals surface area contributed by atoms with Crippen molar-refractivity contribution in [1.82, 2.24) is 0 Å². The molecule has 0 saturated heterocycles. The SMILES string of the molecule is CC(/C=C/C1=C2N(/C=C(/[O-])CS(=O)(=O)[O-])c3ccc(SOO)cc3C2(C)CC1)=C\C=C1/CCC2(C)C1=[N+](CC(O)CS(=O)(=O)[O-])c1ccc(S(=O)(=O)[O-])cc12. The van der Waals surface area contributed by atoms with Crippen LogP contribution in [0.2, 0.25) is 0 Å². The quantitative estimate of drug-likeness (QED) is 0.0560. The Bertz CT molecular complexity index is 2490. The summed E-state index contributed by atoms with van der Waals surface area (Å²) in [5, 5.41) is 32.4. The molecule has 2 heterocycles. The predicted octanol–water partition coefficient (Wildman–Crippen LogP) is 3.15. The molecule has 1 saturated carbocycles. The first-order valence-corrected chi connectivity index (χ1v) is 22.2. The molecular formula is C36H37N2O13S4-3. The number of hydrogen-bond donors (Lipinski definition) is 2. The van der Waals surface area contributed by atoms with Crippen LogP contribution in [0.25, 0.3) is 0 Å². The lowest BCUT2D eigenvalue weighted by atomic mass is 9.81. The molecule has 15 nitrogen and oxygen atoms in total. The summed E-state index contributed by atoms with van der Waals surface area (Å²) in [5.41, 5.74) is 4.90. The maximum atomic E-state index is 12.8. The number of fused-ring (bicyclic) bond motifs is 6. The van der Waals surface area contributed by atoms with Crippen molar-refractivity contribution in [2.45, 2.75) is 73.2 Å². The van der Waals surface area contributed by atoms with Gasteiger partial charge in [-0.3, -0.25) is 0 Å². The predicted molar refractivity (Wildman–Crippen MR) is 197 cm³/mol. The Hall–Kier alpha value is -3.63. The van der Waals surface area contributed by atoms with Crippen molar-refractivity contribution in [2.75, 3.05) is 23.0 Å². The Balaban J connectivity index is 1.37. The highest BCUT2D eigenvalue weighted by Crippen LogP contribution is 2.57. The molecule has 296 valence electrons. The molecule has 55 heavy (non-hydrogen) atoms. The Kier molecular flexibility index (Phi) is 11.0. The molecule has 2 aliphatic carbocycles. The molecule has 19 heteroatoms. The Morgan fingerprint density at radius 2 is 1.71 bits per heavy atom. The largest absolute Gasteiger partial charge is 0.874 e. The van der Waals surface area contributed by atoms with Crippen LogP contribution in [0.5, 0.6) is 0 Å². The highest BCUT2D eigenvalue weighted by atomic mass is 32.2. The van der Waals surface area contributed by atoms with Gasteiger partial charge in [-0.2, -0.15) is 8.91 Å². The zero-order chi connectivity index (χ0) is 40.3. The molecule has 2 N–H and O–H groups in total. The Morgan fingerprint density at radius 3 is 2.36 bits per heavy atom. The molecule has 4 aliphatic rings. The van der Waals surface area contributed by atoms with Gasteiger partial charge in [0.25, 0.3) is 0 Å². The Labute approximate surface area is 323 Å². The van der Waals surface area contributed by atoms with Crippen LogP contribution in [0.15, 0.2) is 105 Å². The van der Waals surface area contributed by atoms with E-state index in [1.807, 2.05) is 51.1 Å². The van der Waals surface area contributed by atoms with Gasteiger partial charge < -0.3 is 28.8 Å². The molecule has 0 radical (unpaired) electrons. The maximum absolute atomic E-state index is 12.8. The number of hydrogen-bond acceptors (Lipinski definition) is 15. The molecule has 3 unspecified atom stereocenters. The van der Waals surface area contributed by atoms with Crippen LogP contribution in [0.3, 0.4) is 0 Å². The molecule has 0 spiro atoms. The summed E-state index contributed by atoms with van der Waals surface area (Å²) in [6.07, 6.45) is 9.30. The molecule has 2 aromatic carbocycles. The first kappa shape index (κ1) is 41.0. The van der Waals surface area contributed by atoms with Gasteiger partial charge in [-0.05, 0) is 94.1 Å². The van der Waals surface area contributed by atoms with E-state index in [1.165, 1.54) is 12.1 Å². The zero-order valence-electron chi connectivity index (χ0n) is 29.8. The minimum absolute atomic E-state index is 0.273. The van der Waals surface area contributed by atoms with Gasteiger partial charge in [0.1, 0.15) is 16.2 Å². The van der Waals surface area contributed by atoms with Gasteiger partial charge in [-0.1, -0.05) is 29.9 Å². The minimum atomic E-state index is -4.83. The summed E-state index contributed by atoms with van der Waals surface area (Å²) in [6, 6.07) is 9.11. The highest BCUT2D eigenvalue weighted by Gasteiger charge is 2.54. The average molecular weight is 834 g/mol. The minimum Gasteiger partial charge on any atom is -0.874 e. The molecule has 2 aliphatic heterocycles. The van der Waals surface area contributed by atoms with Crippen molar-refractivity contribution in [3.63, 3.8) is 0 Å². The number of nitrogens with zero attached hydrogens (tertiary/aromatic N) is 2. The Morgan fingerprint density at radius 1 is 1.00 bits per heavy atom. The molecule has 2 aromatic rings. The number of rotatable bonds is 13. The number of anilines is 1. The first-order valence-electron chi connectivity index (χ1n) is 16.9. The number of aliphatic hydroxyl groups is 1. The standard InChI is InChI=1S/C36H40N2O13S4/c1-22(4-6-23-12-14-35(2)29-16-27(52-51-41)8-10-31(29)37(33(23)35)18-25(39)20-53(42,43)44)5-7-24-13-15-36(3)30-17-28(55(48,49)50)9-11-32(30)38(34(24)36)19-26(40)21-54(45,46)47/h4-11,16-18,26,40H,12-15,19-21H2,1-3H3,(H4-,39,41,42,43,44,45,46,47,48,49,50)/p-3/b25-18+. The van der Waals surface area contributed by atoms with E-state index >= 15 is 0 Å². The number of allylic oxidation sites excluding steroid dienone is 8. The van der Waals surface area contributed by atoms with Gasteiger partial charge in [0.15, 0.2) is 12.3 Å². The fourth-order valence-electron chi connectivity index (χ4n) is 8.24. The number of aliphatic hydroxyl groups excluding tert-OH is 1. The van der Waals surface area contributed by atoms with Gasteiger partial charge in [0.05, 0.1) is 54.1 Å². The zero-order valence-corrected chi connectivity index (χ0v) is 33.1. The van der Waals surface area contributed by atoms with Crippen LogP contribution in [0.4, 0.5) is 11.4 Å². The van der Waals surface area contributed by atoms with Crippen LogP contribution < -0.4 is 10.0 Å². The third kappa shape index (κ3) is 8.27. The summed E-state index contributed by atoms with van der Waals surface area (Å²) in [5.74, 6) is -3.11. The summed E-state index contributed by atoms with van der Waals surface area (Å²) < 4.78 is 110. The molecule has 0 amide bonds. The van der Waals surface area contributed by atoms with Gasteiger partial charge in [-0.15, -0.1) is 5.76 Å². The van der Waals surface area contributed by atoms with Crippen LogP contribution in [-0.4, -0.2) is 83.7 Å². The molecule has 0 bridgehead atoms. The van der Waals surface area contributed by atoms with Crippen LogP contribution in [-0.2, 0) is 45.5 Å². The lowest BCUT2D eigenvalue weighted by Crippen LogP contribution is -2.33. The monoisotopic (exact) mass is 833 g/mol. The van der Waals surface area contributed by atoms with Gasteiger partial charge in [-0.25, -0.2) is 30.5 Å². The van der Waals surface area contributed by atoms with Crippen molar-refractivity contribution in [2.24, 2.45) is 0 Å².